The van der Waals surface area contributed by atoms with E-state index in [-0.39, 0.29) is 30.4 Å². The van der Waals surface area contributed by atoms with E-state index in [0.29, 0.717) is 24.5 Å². The van der Waals surface area contributed by atoms with Gasteiger partial charge in [-0.2, -0.15) is 0 Å². The first-order chi connectivity index (χ1) is 11.7. The van der Waals surface area contributed by atoms with Gasteiger partial charge in [-0.05, 0) is 30.5 Å². The van der Waals surface area contributed by atoms with E-state index in [0.717, 1.165) is 38.1 Å². The number of hydrogen-bond donors (Lipinski definition) is 1. The minimum atomic E-state index is 0. The standard InChI is InChI=1S/C18H26N2O4.ClH/c1-22-16-6-5-13(10-17(16)23-2)15-4-3-8-20(15)18(21)11-14-12-24-9-7-19-14;/h5-6,10,14-15,19H,3-4,7-9,11-12H2,1-2H3;1H. The van der Waals surface area contributed by atoms with Crippen LogP contribution in [0.15, 0.2) is 18.2 Å². The van der Waals surface area contributed by atoms with Crippen molar-refractivity contribution in [2.45, 2.75) is 31.3 Å². The average molecular weight is 371 g/mol. The third-order valence-electron chi connectivity index (χ3n) is 4.78. The largest absolute Gasteiger partial charge is 0.493 e. The fourth-order valence-electron chi connectivity index (χ4n) is 3.55. The number of morpholine rings is 1. The quantitative estimate of drug-likeness (QED) is 0.860. The van der Waals surface area contributed by atoms with Crippen LogP contribution in [0.25, 0.3) is 0 Å². The molecule has 7 heteroatoms. The predicted octanol–water partition coefficient (Wildman–Crippen LogP) is 2.17. The van der Waals surface area contributed by atoms with E-state index in [2.05, 4.69) is 5.32 Å². The summed E-state index contributed by atoms with van der Waals surface area (Å²) in [5.74, 6) is 1.60. The Hall–Kier alpha value is -1.50. The van der Waals surface area contributed by atoms with E-state index in [1.807, 2.05) is 23.1 Å². The topological polar surface area (TPSA) is 60.0 Å². The van der Waals surface area contributed by atoms with Crippen LogP contribution < -0.4 is 14.8 Å². The summed E-state index contributed by atoms with van der Waals surface area (Å²) in [6.45, 7) is 2.96. The molecular formula is C18H27ClN2O4. The first-order valence-electron chi connectivity index (χ1n) is 8.55. The Balaban J connectivity index is 0.00000225. The molecule has 0 aromatic heterocycles. The third-order valence-corrected chi connectivity index (χ3v) is 4.78. The van der Waals surface area contributed by atoms with Crippen LogP contribution in [0.4, 0.5) is 0 Å². The van der Waals surface area contributed by atoms with E-state index in [1.165, 1.54) is 0 Å². The first-order valence-corrected chi connectivity index (χ1v) is 8.55. The second-order valence-electron chi connectivity index (χ2n) is 6.29. The van der Waals surface area contributed by atoms with Crippen LogP contribution in [-0.4, -0.2) is 57.4 Å². The lowest BCUT2D eigenvalue weighted by Crippen LogP contribution is -2.45. The van der Waals surface area contributed by atoms with Crippen molar-refractivity contribution in [2.24, 2.45) is 0 Å². The number of halogens is 1. The van der Waals surface area contributed by atoms with Gasteiger partial charge >= 0.3 is 0 Å². The molecule has 2 aliphatic heterocycles. The number of benzene rings is 1. The SMILES string of the molecule is COc1ccc(C2CCCN2C(=O)CC2COCCN2)cc1OC.Cl. The van der Waals surface area contributed by atoms with E-state index in [9.17, 15) is 4.79 Å². The van der Waals surface area contributed by atoms with E-state index < -0.39 is 0 Å². The zero-order chi connectivity index (χ0) is 16.9. The highest BCUT2D eigenvalue weighted by molar-refractivity contribution is 5.85. The molecule has 25 heavy (non-hydrogen) atoms. The van der Waals surface area contributed by atoms with Crippen LogP contribution in [0.2, 0.25) is 0 Å². The fraction of sp³-hybridized carbons (Fsp3) is 0.611. The zero-order valence-corrected chi connectivity index (χ0v) is 15.6. The van der Waals surface area contributed by atoms with Gasteiger partial charge in [0.15, 0.2) is 11.5 Å². The van der Waals surface area contributed by atoms with Gasteiger partial charge < -0.3 is 24.4 Å². The summed E-state index contributed by atoms with van der Waals surface area (Å²) in [6, 6.07) is 6.15. The highest BCUT2D eigenvalue weighted by atomic mass is 35.5. The molecule has 2 atom stereocenters. The van der Waals surface area contributed by atoms with Crippen LogP contribution in [0.1, 0.15) is 30.9 Å². The van der Waals surface area contributed by atoms with Crippen molar-refractivity contribution in [3.8, 4) is 11.5 Å². The van der Waals surface area contributed by atoms with Crippen LogP contribution in [-0.2, 0) is 9.53 Å². The molecule has 2 aliphatic rings. The molecule has 1 N–H and O–H groups in total. The molecule has 0 saturated carbocycles. The van der Waals surface area contributed by atoms with Gasteiger partial charge in [0.1, 0.15) is 0 Å². The number of carbonyl (C=O) groups excluding carboxylic acids is 1. The van der Waals surface area contributed by atoms with E-state index in [1.54, 1.807) is 14.2 Å². The van der Waals surface area contributed by atoms with Gasteiger partial charge in [0.05, 0.1) is 33.5 Å². The molecule has 2 unspecified atom stereocenters. The van der Waals surface area contributed by atoms with Crippen molar-refractivity contribution in [3.05, 3.63) is 23.8 Å². The summed E-state index contributed by atoms with van der Waals surface area (Å²) in [5, 5.41) is 3.35. The van der Waals surface area contributed by atoms with Crippen molar-refractivity contribution in [3.63, 3.8) is 0 Å². The monoisotopic (exact) mass is 370 g/mol. The molecule has 0 radical (unpaired) electrons. The number of likely N-dealkylation sites (tertiary alicyclic amines) is 1. The highest BCUT2D eigenvalue weighted by Gasteiger charge is 2.32. The van der Waals surface area contributed by atoms with Crippen LogP contribution in [0.5, 0.6) is 11.5 Å². The number of methoxy groups -OCH3 is 2. The predicted molar refractivity (Wildman–Crippen MR) is 97.7 cm³/mol. The normalized spacial score (nSPS) is 23.0. The minimum absolute atomic E-state index is 0. The number of nitrogens with zero attached hydrogens (tertiary/aromatic N) is 1. The summed E-state index contributed by atoms with van der Waals surface area (Å²) in [4.78, 5) is 14.7. The van der Waals surface area contributed by atoms with Crippen LogP contribution in [0, 0.1) is 0 Å². The molecule has 1 amide bonds. The second kappa shape index (κ2) is 9.27. The fourth-order valence-corrected chi connectivity index (χ4v) is 3.55. The van der Waals surface area contributed by atoms with Gasteiger partial charge in [-0.25, -0.2) is 0 Å². The van der Waals surface area contributed by atoms with Crippen molar-refractivity contribution >= 4 is 18.3 Å². The number of amides is 1. The maximum absolute atomic E-state index is 12.7. The summed E-state index contributed by atoms with van der Waals surface area (Å²) in [6.07, 6.45) is 2.50. The molecule has 1 aromatic carbocycles. The summed E-state index contributed by atoms with van der Waals surface area (Å²) in [7, 11) is 3.26. The van der Waals surface area contributed by atoms with Crippen molar-refractivity contribution in [2.75, 3.05) is 40.5 Å². The molecule has 0 aliphatic carbocycles. The minimum Gasteiger partial charge on any atom is -0.493 e. The molecule has 0 spiro atoms. The molecule has 1 aromatic rings. The van der Waals surface area contributed by atoms with Crippen molar-refractivity contribution in [1.29, 1.82) is 0 Å². The van der Waals surface area contributed by atoms with Crippen LogP contribution in [0.3, 0.4) is 0 Å². The summed E-state index contributed by atoms with van der Waals surface area (Å²) in [5.41, 5.74) is 1.10. The highest BCUT2D eigenvalue weighted by Crippen LogP contribution is 2.37. The average Bonchev–Trinajstić information content (AvgIpc) is 3.12. The smallest absolute Gasteiger partial charge is 0.224 e. The Morgan fingerprint density at radius 1 is 1.32 bits per heavy atom. The Morgan fingerprint density at radius 2 is 2.12 bits per heavy atom. The third kappa shape index (κ3) is 4.57. The Labute approximate surface area is 155 Å². The lowest BCUT2D eigenvalue weighted by atomic mass is 10.0. The molecule has 0 bridgehead atoms. The van der Waals surface area contributed by atoms with Gasteiger partial charge in [-0.15, -0.1) is 12.4 Å². The van der Waals surface area contributed by atoms with Crippen LogP contribution >= 0.6 is 12.4 Å². The number of ether oxygens (including phenoxy) is 3. The Bertz CT molecular complexity index is 578. The van der Waals surface area contributed by atoms with Gasteiger partial charge in [-0.1, -0.05) is 6.07 Å². The Kier molecular flexibility index (Phi) is 7.35. The lowest BCUT2D eigenvalue weighted by Gasteiger charge is -2.29. The maximum Gasteiger partial charge on any atom is 0.224 e. The van der Waals surface area contributed by atoms with Gasteiger partial charge in [0, 0.05) is 25.6 Å². The number of carbonyl (C=O) groups is 1. The second-order valence-corrected chi connectivity index (χ2v) is 6.29. The summed E-state index contributed by atoms with van der Waals surface area (Å²) >= 11 is 0. The molecule has 3 rings (SSSR count). The van der Waals surface area contributed by atoms with Crippen molar-refractivity contribution < 1.29 is 19.0 Å². The molecule has 2 heterocycles. The zero-order valence-electron chi connectivity index (χ0n) is 14.8. The molecule has 2 saturated heterocycles. The van der Waals surface area contributed by atoms with Gasteiger partial charge in [0.2, 0.25) is 5.91 Å². The van der Waals surface area contributed by atoms with Crippen molar-refractivity contribution in [1.82, 2.24) is 10.2 Å². The van der Waals surface area contributed by atoms with E-state index in [4.69, 9.17) is 14.2 Å². The van der Waals surface area contributed by atoms with Gasteiger partial charge in [-0.3, -0.25) is 4.79 Å². The molecular weight excluding hydrogens is 344 g/mol. The number of rotatable bonds is 5. The number of hydrogen-bond acceptors (Lipinski definition) is 5. The molecule has 6 nitrogen and oxygen atoms in total. The summed E-state index contributed by atoms with van der Waals surface area (Å²) < 4.78 is 16.1. The Morgan fingerprint density at radius 3 is 2.80 bits per heavy atom. The number of nitrogens with one attached hydrogen (secondary N) is 1. The first kappa shape index (κ1) is 19.8. The maximum atomic E-state index is 12.7. The molecule has 2 fully saturated rings. The lowest BCUT2D eigenvalue weighted by molar-refractivity contribution is -0.133. The van der Waals surface area contributed by atoms with E-state index >= 15 is 0 Å². The molecule has 140 valence electrons. The van der Waals surface area contributed by atoms with Gasteiger partial charge in [0.25, 0.3) is 0 Å².